The first-order chi connectivity index (χ1) is 10.1. The highest BCUT2D eigenvalue weighted by Crippen LogP contribution is 2.42. The molecule has 1 N–H and O–H groups in total. The fourth-order valence-corrected chi connectivity index (χ4v) is 3.98. The number of fused-ring (bicyclic) bond motifs is 2. The van der Waals surface area contributed by atoms with E-state index in [0.29, 0.717) is 18.0 Å². The van der Waals surface area contributed by atoms with Gasteiger partial charge in [-0.25, -0.2) is 4.79 Å². The highest BCUT2D eigenvalue weighted by atomic mass is 17.1. The molecule has 3 atom stereocenters. The van der Waals surface area contributed by atoms with Crippen LogP contribution in [0.15, 0.2) is 24.3 Å². The van der Waals surface area contributed by atoms with Crippen LogP contribution in [0.5, 0.6) is 0 Å². The van der Waals surface area contributed by atoms with Crippen molar-refractivity contribution in [2.24, 2.45) is 0 Å². The molecular formula is C17H23NO3. The highest BCUT2D eigenvalue weighted by Gasteiger charge is 2.38. The summed E-state index contributed by atoms with van der Waals surface area (Å²) in [5.41, 5.74) is 2.23. The van der Waals surface area contributed by atoms with Crippen molar-refractivity contribution in [3.8, 4) is 0 Å². The summed E-state index contributed by atoms with van der Waals surface area (Å²) >= 11 is 0. The van der Waals surface area contributed by atoms with Crippen molar-refractivity contribution in [3.05, 3.63) is 35.4 Å². The molecule has 4 heteroatoms. The standard InChI is InChI=1S/C17H23NO3/c1-11(17(19)21-20)12-4-3-5-13(8-12)14-9-15-6-7-16(10-14)18(15)2/h3-5,8,11,14-16,20H,6-7,9-10H2,1-2H3. The molecule has 3 rings (SSSR count). The van der Waals surface area contributed by atoms with Gasteiger partial charge in [0.2, 0.25) is 0 Å². The first kappa shape index (κ1) is 14.5. The fourth-order valence-electron chi connectivity index (χ4n) is 3.98. The van der Waals surface area contributed by atoms with Crippen molar-refractivity contribution in [3.63, 3.8) is 0 Å². The molecule has 4 nitrogen and oxygen atoms in total. The van der Waals surface area contributed by atoms with Gasteiger partial charge in [0.05, 0.1) is 5.92 Å². The van der Waals surface area contributed by atoms with E-state index in [1.807, 2.05) is 12.1 Å². The number of benzene rings is 1. The Morgan fingerprint density at radius 2 is 2.00 bits per heavy atom. The van der Waals surface area contributed by atoms with Crippen LogP contribution in [0, 0.1) is 0 Å². The second-order valence-electron chi connectivity index (χ2n) is 6.52. The van der Waals surface area contributed by atoms with Crippen molar-refractivity contribution in [2.45, 2.75) is 56.5 Å². The Kier molecular flexibility index (Phi) is 4.00. The molecule has 21 heavy (non-hydrogen) atoms. The molecule has 0 amide bonds. The van der Waals surface area contributed by atoms with Crippen LogP contribution in [0.1, 0.15) is 55.6 Å². The summed E-state index contributed by atoms with van der Waals surface area (Å²) in [5.74, 6) is -0.454. The SMILES string of the molecule is CC(C(=O)OO)c1cccc(C2CC3CCC(C2)N3C)c1. The maximum atomic E-state index is 11.5. The lowest BCUT2D eigenvalue weighted by molar-refractivity contribution is -0.235. The summed E-state index contributed by atoms with van der Waals surface area (Å²) in [6.45, 7) is 1.76. The first-order valence-corrected chi connectivity index (χ1v) is 7.77. The van der Waals surface area contributed by atoms with Crippen molar-refractivity contribution < 1.29 is 14.9 Å². The summed E-state index contributed by atoms with van der Waals surface area (Å²) in [5, 5.41) is 8.54. The molecule has 2 aliphatic heterocycles. The Morgan fingerprint density at radius 1 is 1.33 bits per heavy atom. The first-order valence-electron chi connectivity index (χ1n) is 7.77. The zero-order chi connectivity index (χ0) is 15.0. The Bertz CT molecular complexity index is 517. The van der Waals surface area contributed by atoms with Gasteiger partial charge >= 0.3 is 5.97 Å². The maximum absolute atomic E-state index is 11.5. The number of piperidine rings is 1. The molecule has 1 aromatic rings. The van der Waals surface area contributed by atoms with Crippen molar-refractivity contribution in [1.82, 2.24) is 4.90 Å². The Labute approximate surface area is 125 Å². The molecule has 2 fully saturated rings. The highest BCUT2D eigenvalue weighted by molar-refractivity contribution is 5.77. The van der Waals surface area contributed by atoms with Crippen LogP contribution in [0.2, 0.25) is 0 Å². The molecule has 0 aliphatic carbocycles. The van der Waals surface area contributed by atoms with Gasteiger partial charge in [-0.3, -0.25) is 0 Å². The molecule has 2 aliphatic rings. The van der Waals surface area contributed by atoms with Gasteiger partial charge in [0, 0.05) is 12.1 Å². The Morgan fingerprint density at radius 3 is 2.62 bits per heavy atom. The zero-order valence-corrected chi connectivity index (χ0v) is 12.7. The summed E-state index contributed by atoms with van der Waals surface area (Å²) in [6, 6.07) is 9.61. The van der Waals surface area contributed by atoms with Gasteiger partial charge in [-0.1, -0.05) is 24.3 Å². The van der Waals surface area contributed by atoms with E-state index in [1.165, 1.54) is 31.2 Å². The van der Waals surface area contributed by atoms with Crippen LogP contribution in [-0.4, -0.2) is 35.3 Å². The van der Waals surface area contributed by atoms with Gasteiger partial charge in [-0.05, 0) is 56.7 Å². The van der Waals surface area contributed by atoms with E-state index in [2.05, 4.69) is 29.0 Å². The number of carbonyl (C=O) groups excluding carboxylic acids is 1. The average molecular weight is 289 g/mol. The van der Waals surface area contributed by atoms with Gasteiger partial charge in [0.25, 0.3) is 0 Å². The minimum Gasteiger partial charge on any atom is -0.300 e. The van der Waals surface area contributed by atoms with E-state index in [-0.39, 0.29) is 0 Å². The predicted octanol–water partition coefficient (Wildman–Crippen LogP) is 3.15. The molecule has 2 bridgehead atoms. The number of rotatable bonds is 3. The van der Waals surface area contributed by atoms with Crippen molar-refractivity contribution >= 4 is 5.97 Å². The molecule has 114 valence electrons. The maximum Gasteiger partial charge on any atom is 0.349 e. The van der Waals surface area contributed by atoms with Gasteiger partial charge < -0.3 is 9.79 Å². The van der Waals surface area contributed by atoms with E-state index in [1.54, 1.807) is 6.92 Å². The van der Waals surface area contributed by atoms with Crippen LogP contribution in [0.4, 0.5) is 0 Å². The molecule has 2 saturated heterocycles. The summed E-state index contributed by atoms with van der Waals surface area (Å²) in [4.78, 5) is 17.9. The summed E-state index contributed by atoms with van der Waals surface area (Å²) < 4.78 is 0. The largest absolute Gasteiger partial charge is 0.349 e. The molecule has 0 saturated carbocycles. The lowest BCUT2D eigenvalue weighted by Crippen LogP contribution is -2.39. The van der Waals surface area contributed by atoms with Gasteiger partial charge in [0.1, 0.15) is 0 Å². The van der Waals surface area contributed by atoms with Crippen LogP contribution in [-0.2, 0) is 9.68 Å². The molecule has 3 unspecified atom stereocenters. The molecule has 0 radical (unpaired) electrons. The van der Waals surface area contributed by atoms with E-state index in [4.69, 9.17) is 5.26 Å². The summed E-state index contributed by atoms with van der Waals surface area (Å²) in [7, 11) is 2.24. The lowest BCUT2D eigenvalue weighted by atomic mass is 9.84. The number of hydrogen-bond donors (Lipinski definition) is 1. The number of nitrogens with zero attached hydrogens (tertiary/aromatic N) is 1. The van der Waals surface area contributed by atoms with Gasteiger partial charge in [0.15, 0.2) is 0 Å². The van der Waals surface area contributed by atoms with Crippen LogP contribution >= 0.6 is 0 Å². The molecule has 1 aromatic carbocycles. The monoisotopic (exact) mass is 289 g/mol. The molecule has 2 heterocycles. The smallest absolute Gasteiger partial charge is 0.300 e. The minimum absolute atomic E-state index is 0.432. The number of carbonyl (C=O) groups is 1. The third-order valence-corrected chi connectivity index (χ3v) is 5.42. The Balaban J connectivity index is 1.79. The second kappa shape index (κ2) is 5.78. The summed E-state index contributed by atoms with van der Waals surface area (Å²) in [6.07, 6.45) is 5.03. The van der Waals surface area contributed by atoms with Crippen molar-refractivity contribution in [1.29, 1.82) is 0 Å². The van der Waals surface area contributed by atoms with Crippen molar-refractivity contribution in [2.75, 3.05) is 7.05 Å². The molecule has 0 spiro atoms. The van der Waals surface area contributed by atoms with Gasteiger partial charge in [-0.2, -0.15) is 5.26 Å². The molecule has 0 aromatic heterocycles. The second-order valence-corrected chi connectivity index (χ2v) is 6.52. The zero-order valence-electron chi connectivity index (χ0n) is 12.7. The third-order valence-electron chi connectivity index (χ3n) is 5.42. The van der Waals surface area contributed by atoms with Crippen LogP contribution in [0.25, 0.3) is 0 Å². The van der Waals surface area contributed by atoms with Gasteiger partial charge in [-0.15, -0.1) is 0 Å². The Hall–Kier alpha value is -1.39. The lowest BCUT2D eigenvalue weighted by Gasteiger charge is -2.36. The van der Waals surface area contributed by atoms with E-state index in [9.17, 15) is 4.79 Å². The topological polar surface area (TPSA) is 49.8 Å². The van der Waals surface area contributed by atoms with E-state index < -0.39 is 11.9 Å². The minimum atomic E-state index is -0.601. The average Bonchev–Trinajstić information content (AvgIpc) is 2.75. The normalized spacial score (nSPS) is 30.1. The predicted molar refractivity (Wildman–Crippen MR) is 80.1 cm³/mol. The van der Waals surface area contributed by atoms with E-state index in [0.717, 1.165) is 5.56 Å². The third kappa shape index (κ3) is 2.70. The molecular weight excluding hydrogens is 266 g/mol. The van der Waals surface area contributed by atoms with Crippen LogP contribution < -0.4 is 0 Å². The quantitative estimate of drug-likeness (QED) is 0.686. The van der Waals surface area contributed by atoms with Crippen LogP contribution in [0.3, 0.4) is 0 Å². The fraction of sp³-hybridized carbons (Fsp3) is 0.588. The number of hydrogen-bond acceptors (Lipinski definition) is 4. The van der Waals surface area contributed by atoms with E-state index >= 15 is 0 Å².